The van der Waals surface area contributed by atoms with Gasteiger partial charge in [-0.3, -0.25) is 19.6 Å². The predicted octanol–water partition coefficient (Wildman–Crippen LogP) is 0.715. The SMILES string of the molecule is CN1Cc2c(C(=O)NN)ncn2-c2ccc(Cl)cc2C1=O. The number of hydrogen-bond acceptors (Lipinski definition) is 4. The Labute approximate surface area is 125 Å². The number of amides is 2. The van der Waals surface area contributed by atoms with Crippen molar-refractivity contribution >= 4 is 23.4 Å². The number of nitrogens with one attached hydrogen (secondary N) is 1. The molecular formula is C13H12ClN5O2. The molecule has 1 aromatic heterocycles. The number of benzene rings is 1. The molecule has 108 valence electrons. The van der Waals surface area contributed by atoms with Gasteiger partial charge in [-0.05, 0) is 18.2 Å². The maximum Gasteiger partial charge on any atom is 0.285 e. The number of nitrogen functional groups attached to an aromatic ring is 1. The Morgan fingerprint density at radius 1 is 1.48 bits per heavy atom. The lowest BCUT2D eigenvalue weighted by atomic mass is 10.1. The lowest BCUT2D eigenvalue weighted by Crippen LogP contribution is -2.32. The van der Waals surface area contributed by atoms with Crippen molar-refractivity contribution < 1.29 is 9.59 Å². The van der Waals surface area contributed by atoms with Crippen LogP contribution in [0.4, 0.5) is 0 Å². The lowest BCUT2D eigenvalue weighted by Gasteiger charge is -2.14. The molecule has 2 amide bonds. The van der Waals surface area contributed by atoms with Crippen LogP contribution < -0.4 is 11.3 Å². The third-order valence-electron chi connectivity index (χ3n) is 3.39. The highest BCUT2D eigenvalue weighted by Gasteiger charge is 2.28. The summed E-state index contributed by atoms with van der Waals surface area (Å²) in [4.78, 5) is 29.8. The molecule has 21 heavy (non-hydrogen) atoms. The van der Waals surface area contributed by atoms with Gasteiger partial charge in [-0.15, -0.1) is 0 Å². The van der Waals surface area contributed by atoms with Crippen LogP contribution >= 0.6 is 11.6 Å². The first-order valence-corrected chi connectivity index (χ1v) is 6.53. The molecule has 8 heteroatoms. The average Bonchev–Trinajstić information content (AvgIpc) is 2.85. The molecule has 7 nitrogen and oxygen atoms in total. The van der Waals surface area contributed by atoms with Gasteiger partial charge in [-0.2, -0.15) is 0 Å². The van der Waals surface area contributed by atoms with Gasteiger partial charge in [-0.1, -0.05) is 11.6 Å². The summed E-state index contributed by atoms with van der Waals surface area (Å²) >= 11 is 5.97. The van der Waals surface area contributed by atoms with E-state index in [0.717, 1.165) is 0 Å². The first-order chi connectivity index (χ1) is 10.0. The van der Waals surface area contributed by atoms with Crippen molar-refractivity contribution in [2.45, 2.75) is 6.54 Å². The van der Waals surface area contributed by atoms with Gasteiger partial charge in [0.2, 0.25) is 0 Å². The van der Waals surface area contributed by atoms with Crippen LogP contribution in [0.25, 0.3) is 5.69 Å². The Bertz CT molecular complexity index is 755. The molecule has 0 saturated carbocycles. The van der Waals surface area contributed by atoms with E-state index in [1.54, 1.807) is 29.8 Å². The van der Waals surface area contributed by atoms with E-state index < -0.39 is 5.91 Å². The van der Waals surface area contributed by atoms with Crippen LogP contribution in [0.5, 0.6) is 0 Å². The first-order valence-electron chi connectivity index (χ1n) is 6.15. The maximum atomic E-state index is 12.4. The van der Waals surface area contributed by atoms with Crippen LogP contribution in [0.1, 0.15) is 26.5 Å². The van der Waals surface area contributed by atoms with E-state index in [4.69, 9.17) is 17.4 Å². The number of nitrogens with zero attached hydrogens (tertiary/aromatic N) is 3. The third kappa shape index (κ3) is 2.07. The van der Waals surface area contributed by atoms with E-state index in [2.05, 4.69) is 10.4 Å². The highest BCUT2D eigenvalue weighted by Crippen LogP contribution is 2.27. The Kier molecular flexibility index (Phi) is 3.15. The number of aromatic nitrogens is 2. The van der Waals surface area contributed by atoms with Gasteiger partial charge >= 0.3 is 0 Å². The molecule has 0 unspecified atom stereocenters. The van der Waals surface area contributed by atoms with E-state index in [9.17, 15) is 9.59 Å². The zero-order valence-electron chi connectivity index (χ0n) is 11.1. The van der Waals surface area contributed by atoms with Crippen molar-refractivity contribution in [2.24, 2.45) is 5.84 Å². The third-order valence-corrected chi connectivity index (χ3v) is 3.63. The van der Waals surface area contributed by atoms with Gasteiger partial charge in [0.25, 0.3) is 11.8 Å². The second kappa shape index (κ2) is 4.87. The van der Waals surface area contributed by atoms with Crippen molar-refractivity contribution in [3.8, 4) is 5.69 Å². The monoisotopic (exact) mass is 305 g/mol. The van der Waals surface area contributed by atoms with Gasteiger partial charge in [-0.25, -0.2) is 10.8 Å². The topological polar surface area (TPSA) is 93.2 Å². The van der Waals surface area contributed by atoms with E-state index >= 15 is 0 Å². The fourth-order valence-corrected chi connectivity index (χ4v) is 2.55. The Hall–Kier alpha value is -2.38. The fourth-order valence-electron chi connectivity index (χ4n) is 2.38. The van der Waals surface area contributed by atoms with E-state index in [1.807, 2.05) is 0 Å². The molecular weight excluding hydrogens is 294 g/mol. The molecule has 3 rings (SSSR count). The summed E-state index contributed by atoms with van der Waals surface area (Å²) in [7, 11) is 1.65. The molecule has 0 aliphatic carbocycles. The number of nitrogens with two attached hydrogens (primary N) is 1. The number of imidazole rings is 1. The lowest BCUT2D eigenvalue weighted by molar-refractivity contribution is 0.0785. The zero-order chi connectivity index (χ0) is 15.1. The Morgan fingerprint density at radius 2 is 2.24 bits per heavy atom. The molecule has 2 aromatic rings. The normalized spacial score (nSPS) is 13.5. The molecule has 1 aliphatic heterocycles. The van der Waals surface area contributed by atoms with Gasteiger partial charge in [0.1, 0.15) is 6.33 Å². The van der Waals surface area contributed by atoms with Crippen molar-refractivity contribution in [3.05, 3.63) is 46.5 Å². The number of hydrazine groups is 1. The minimum atomic E-state index is -0.498. The average molecular weight is 306 g/mol. The summed E-state index contributed by atoms with van der Waals surface area (Å²) in [5, 5.41) is 0.471. The summed E-state index contributed by atoms with van der Waals surface area (Å²) in [6.07, 6.45) is 1.50. The summed E-state index contributed by atoms with van der Waals surface area (Å²) in [6.45, 7) is 0.244. The van der Waals surface area contributed by atoms with Crippen LogP contribution in [0.2, 0.25) is 5.02 Å². The standard InChI is InChI=1S/C13H12ClN5O2/c1-18-5-10-11(12(20)17-15)16-6-19(10)9-3-2-7(14)4-8(9)13(18)21/h2-4,6H,5,15H2,1H3,(H,17,20). The largest absolute Gasteiger partial charge is 0.336 e. The van der Waals surface area contributed by atoms with E-state index in [-0.39, 0.29) is 18.1 Å². The first kappa shape index (κ1) is 13.6. The summed E-state index contributed by atoms with van der Waals surface area (Å²) in [5.74, 6) is 4.50. The zero-order valence-corrected chi connectivity index (χ0v) is 11.9. The van der Waals surface area contributed by atoms with Crippen molar-refractivity contribution in [3.63, 3.8) is 0 Å². The molecule has 0 saturated heterocycles. The molecule has 2 heterocycles. The van der Waals surface area contributed by atoms with Crippen molar-refractivity contribution in [1.29, 1.82) is 0 Å². The molecule has 1 aliphatic rings. The quantitative estimate of drug-likeness (QED) is 0.461. The molecule has 0 radical (unpaired) electrons. The van der Waals surface area contributed by atoms with Crippen molar-refractivity contribution in [1.82, 2.24) is 19.9 Å². The number of carbonyl (C=O) groups is 2. The van der Waals surface area contributed by atoms with Crippen molar-refractivity contribution in [2.75, 3.05) is 7.05 Å². The van der Waals surface area contributed by atoms with Gasteiger partial charge in [0, 0.05) is 12.1 Å². The number of fused-ring (bicyclic) bond motifs is 3. The second-order valence-electron chi connectivity index (χ2n) is 4.71. The van der Waals surface area contributed by atoms with Crippen LogP contribution in [-0.4, -0.2) is 33.3 Å². The minimum Gasteiger partial charge on any atom is -0.336 e. The van der Waals surface area contributed by atoms with Crippen LogP contribution in [0, 0.1) is 0 Å². The predicted molar refractivity (Wildman–Crippen MR) is 76.0 cm³/mol. The van der Waals surface area contributed by atoms with Crippen LogP contribution in [0.3, 0.4) is 0 Å². The number of rotatable bonds is 1. The molecule has 3 N–H and O–H groups in total. The fraction of sp³-hybridized carbons (Fsp3) is 0.154. The van der Waals surface area contributed by atoms with Crippen LogP contribution in [0.15, 0.2) is 24.5 Å². The van der Waals surface area contributed by atoms with E-state index in [1.165, 1.54) is 11.2 Å². The highest BCUT2D eigenvalue weighted by molar-refractivity contribution is 6.31. The smallest absolute Gasteiger partial charge is 0.285 e. The molecule has 0 spiro atoms. The number of halogens is 1. The Balaban J connectivity index is 2.27. The number of hydrogen-bond donors (Lipinski definition) is 2. The molecule has 1 aromatic carbocycles. The van der Waals surface area contributed by atoms with Gasteiger partial charge in [0.15, 0.2) is 5.69 Å². The Morgan fingerprint density at radius 3 is 2.95 bits per heavy atom. The summed E-state index contributed by atoms with van der Waals surface area (Å²) < 4.78 is 1.71. The van der Waals surface area contributed by atoms with Crippen LogP contribution in [-0.2, 0) is 6.54 Å². The molecule has 0 fully saturated rings. The summed E-state index contributed by atoms with van der Waals surface area (Å²) in [5.41, 5.74) is 3.94. The maximum absolute atomic E-state index is 12.4. The second-order valence-corrected chi connectivity index (χ2v) is 5.14. The van der Waals surface area contributed by atoms with Gasteiger partial charge < -0.3 is 4.90 Å². The summed E-state index contributed by atoms with van der Waals surface area (Å²) in [6, 6.07) is 5.02. The molecule has 0 atom stereocenters. The molecule has 0 bridgehead atoms. The number of carbonyl (C=O) groups excluding carboxylic acids is 2. The van der Waals surface area contributed by atoms with Gasteiger partial charge in [0.05, 0.1) is 23.5 Å². The minimum absolute atomic E-state index is 0.171. The highest BCUT2D eigenvalue weighted by atomic mass is 35.5. The van der Waals surface area contributed by atoms with E-state index in [0.29, 0.717) is 22.0 Å².